The highest BCUT2D eigenvalue weighted by molar-refractivity contribution is 5.93. The monoisotopic (exact) mass is 598 g/mol. The molecule has 0 bridgehead atoms. The Morgan fingerprint density at radius 1 is 1.14 bits per heavy atom. The molecule has 0 radical (unpaired) electrons. The van der Waals surface area contributed by atoms with Crippen LogP contribution in [0.25, 0.3) is 10.9 Å². The Morgan fingerprint density at radius 3 is 2.33 bits per heavy atom. The number of hydrogen-bond acceptors (Lipinski definition) is 10. The number of benzene rings is 2. The predicted molar refractivity (Wildman–Crippen MR) is 161 cm³/mol. The third-order valence-electron chi connectivity index (χ3n) is 6.32. The van der Waals surface area contributed by atoms with Gasteiger partial charge in [0.25, 0.3) is 6.01 Å². The number of aromatic nitrogens is 1. The van der Waals surface area contributed by atoms with Crippen molar-refractivity contribution in [2.45, 2.75) is 45.8 Å². The maximum absolute atomic E-state index is 12.7. The second-order valence-electron chi connectivity index (χ2n) is 10.7. The van der Waals surface area contributed by atoms with Gasteiger partial charge >= 0.3 is 23.7 Å². The number of amides is 3. The third-order valence-corrected chi connectivity index (χ3v) is 6.32. The Balaban J connectivity index is 0.000000480. The molecular formula is C29H38N6O8. The molecule has 0 unspecified atom stereocenters. The van der Waals surface area contributed by atoms with E-state index in [0.29, 0.717) is 22.5 Å². The number of aryl methyl sites for hydroxylation is 1. The highest BCUT2D eigenvalue weighted by Crippen LogP contribution is 2.24. The number of hydrogen-bond donors (Lipinski definition) is 5. The number of carboxylic acid groups (broad SMARTS) is 1. The summed E-state index contributed by atoms with van der Waals surface area (Å²) >= 11 is 0. The van der Waals surface area contributed by atoms with E-state index in [4.69, 9.17) is 19.6 Å². The van der Waals surface area contributed by atoms with E-state index in [9.17, 15) is 24.3 Å². The number of carboxylic acids is 1. The van der Waals surface area contributed by atoms with Crippen LogP contribution in [0.2, 0.25) is 0 Å². The van der Waals surface area contributed by atoms with E-state index in [0.717, 1.165) is 31.7 Å². The van der Waals surface area contributed by atoms with E-state index in [-0.39, 0.29) is 23.9 Å². The summed E-state index contributed by atoms with van der Waals surface area (Å²) in [5, 5.41) is 18.2. The van der Waals surface area contributed by atoms with Crippen molar-refractivity contribution >= 4 is 40.7 Å². The van der Waals surface area contributed by atoms with Crippen molar-refractivity contribution in [3.05, 3.63) is 57.9 Å². The van der Waals surface area contributed by atoms with Gasteiger partial charge < -0.3 is 40.3 Å². The molecule has 4 rings (SSSR count). The molecule has 2 aromatic carbocycles. The van der Waals surface area contributed by atoms with Crippen LogP contribution in [0.4, 0.5) is 21.3 Å². The average Bonchev–Trinajstić information content (AvgIpc) is 2.94. The number of fused-ring (bicyclic) bond motifs is 1. The first kappa shape index (κ1) is 32.7. The molecule has 6 N–H and O–H groups in total. The van der Waals surface area contributed by atoms with Gasteiger partial charge in [-0.3, -0.25) is 5.32 Å². The van der Waals surface area contributed by atoms with Crippen molar-refractivity contribution in [2.24, 2.45) is 5.73 Å². The van der Waals surface area contributed by atoms with Gasteiger partial charge in [0.15, 0.2) is 0 Å². The molecule has 0 spiro atoms. The lowest BCUT2D eigenvalue weighted by molar-refractivity contribution is -0.137. The summed E-state index contributed by atoms with van der Waals surface area (Å²) in [4.78, 5) is 53.0. The summed E-state index contributed by atoms with van der Waals surface area (Å²) in [6, 6.07) is 8.48. The Labute approximate surface area is 248 Å². The third kappa shape index (κ3) is 9.60. The van der Waals surface area contributed by atoms with Gasteiger partial charge in [-0.25, -0.2) is 19.2 Å². The number of piperazine rings is 1. The number of carbonyl (C=O) groups excluding carboxylic acids is 2. The van der Waals surface area contributed by atoms with E-state index in [2.05, 4.69) is 20.9 Å². The molecule has 0 saturated carbocycles. The van der Waals surface area contributed by atoms with Gasteiger partial charge in [-0.05, 0) is 63.1 Å². The van der Waals surface area contributed by atoms with Crippen molar-refractivity contribution in [3.8, 4) is 5.75 Å². The molecule has 14 nitrogen and oxygen atoms in total. The highest BCUT2D eigenvalue weighted by atomic mass is 16.6. The second-order valence-corrected chi connectivity index (χ2v) is 10.7. The van der Waals surface area contributed by atoms with Crippen LogP contribution in [0.5, 0.6) is 5.75 Å². The van der Waals surface area contributed by atoms with Crippen LogP contribution < -0.4 is 32.0 Å². The zero-order chi connectivity index (χ0) is 31.7. The fourth-order valence-corrected chi connectivity index (χ4v) is 4.16. The van der Waals surface area contributed by atoms with Crippen LogP contribution in [-0.2, 0) is 16.0 Å². The summed E-state index contributed by atoms with van der Waals surface area (Å²) in [6.45, 7) is 10.1. The lowest BCUT2D eigenvalue weighted by Gasteiger charge is -2.25. The number of carbonyl (C=O) groups is 3. The normalized spacial score (nSPS) is 13.7. The van der Waals surface area contributed by atoms with Crippen LogP contribution in [-0.4, -0.2) is 78.0 Å². The molecule has 2 heterocycles. The summed E-state index contributed by atoms with van der Waals surface area (Å²) < 4.78 is 15.6. The molecule has 1 aliphatic rings. The summed E-state index contributed by atoms with van der Waals surface area (Å²) in [6.07, 6.45) is -0.533. The Bertz CT molecular complexity index is 1490. The van der Waals surface area contributed by atoms with Crippen LogP contribution in [0.3, 0.4) is 0 Å². The minimum absolute atomic E-state index is 0.126. The smallest absolute Gasteiger partial charge is 0.412 e. The molecule has 0 aliphatic carbocycles. The molecule has 1 aliphatic heterocycles. The number of nitrogens with two attached hydrogens (primary N) is 1. The van der Waals surface area contributed by atoms with Gasteiger partial charge in [0.1, 0.15) is 17.4 Å². The van der Waals surface area contributed by atoms with E-state index in [1.54, 1.807) is 70.0 Å². The van der Waals surface area contributed by atoms with E-state index in [1.165, 1.54) is 6.07 Å². The zero-order valence-corrected chi connectivity index (χ0v) is 24.9. The van der Waals surface area contributed by atoms with Crippen LogP contribution >= 0.6 is 0 Å². The molecule has 3 amide bonds. The van der Waals surface area contributed by atoms with E-state index < -0.39 is 29.3 Å². The summed E-state index contributed by atoms with van der Waals surface area (Å²) in [5.74, 6) is -0.477. The molecular weight excluding hydrogens is 560 g/mol. The fraction of sp³-hybridized carbons (Fsp3) is 0.414. The molecule has 1 saturated heterocycles. The number of ether oxygens (including phenoxy) is 2. The Hall–Kier alpha value is -4.85. The predicted octanol–water partition coefficient (Wildman–Crippen LogP) is 2.93. The van der Waals surface area contributed by atoms with Gasteiger partial charge in [0, 0.05) is 38.3 Å². The minimum Gasteiger partial charge on any atom is -0.497 e. The number of anilines is 2. The SMILES string of the molecule is COc1ccc(C[C@H](Nc2nc3ccc(NC(=O)OC(C)(C)C)c(C)c3c(=O)o2)C(=O)O)cc1.NC(=O)N1CCNCC1. The maximum Gasteiger partial charge on any atom is 0.412 e. The van der Waals surface area contributed by atoms with Crippen molar-refractivity contribution in [1.29, 1.82) is 0 Å². The summed E-state index contributed by atoms with van der Waals surface area (Å²) in [7, 11) is 1.54. The molecule has 14 heteroatoms. The lowest BCUT2D eigenvalue weighted by Crippen LogP contribution is -2.48. The first-order valence-corrected chi connectivity index (χ1v) is 13.6. The van der Waals surface area contributed by atoms with Gasteiger partial charge in [0.05, 0.1) is 18.0 Å². The molecule has 1 aromatic heterocycles. The number of methoxy groups -OCH3 is 1. The molecule has 1 fully saturated rings. The van der Waals surface area contributed by atoms with Crippen molar-refractivity contribution in [2.75, 3.05) is 43.9 Å². The number of aliphatic carboxylic acids is 1. The number of rotatable bonds is 7. The minimum atomic E-state index is -1.13. The molecule has 3 aromatic rings. The molecule has 43 heavy (non-hydrogen) atoms. The van der Waals surface area contributed by atoms with Gasteiger partial charge in [0.2, 0.25) is 0 Å². The quantitative estimate of drug-likeness (QED) is 0.268. The molecule has 1 atom stereocenters. The lowest BCUT2D eigenvalue weighted by atomic mass is 10.1. The topological polar surface area (TPSA) is 198 Å². The zero-order valence-electron chi connectivity index (χ0n) is 24.9. The number of urea groups is 1. The Kier molecular flexibility index (Phi) is 10.9. The second kappa shape index (κ2) is 14.4. The van der Waals surface area contributed by atoms with E-state index >= 15 is 0 Å². The van der Waals surface area contributed by atoms with Crippen molar-refractivity contribution < 1.29 is 33.4 Å². The van der Waals surface area contributed by atoms with Gasteiger partial charge in [-0.2, -0.15) is 4.98 Å². The summed E-state index contributed by atoms with van der Waals surface area (Å²) in [5.41, 5.74) is 5.49. The van der Waals surface area contributed by atoms with Crippen LogP contribution in [0.1, 0.15) is 31.9 Å². The highest BCUT2D eigenvalue weighted by Gasteiger charge is 2.22. The maximum atomic E-state index is 12.7. The first-order chi connectivity index (χ1) is 20.3. The van der Waals surface area contributed by atoms with E-state index in [1.807, 2.05) is 0 Å². The number of nitrogens with zero attached hydrogens (tertiary/aromatic N) is 2. The van der Waals surface area contributed by atoms with Crippen molar-refractivity contribution in [1.82, 2.24) is 15.2 Å². The Morgan fingerprint density at radius 2 is 1.79 bits per heavy atom. The number of primary amides is 1. The first-order valence-electron chi connectivity index (χ1n) is 13.6. The average molecular weight is 599 g/mol. The van der Waals surface area contributed by atoms with Crippen LogP contribution in [0, 0.1) is 6.92 Å². The van der Waals surface area contributed by atoms with Crippen LogP contribution in [0.15, 0.2) is 45.6 Å². The standard InChI is InChI=1S/C24H27N3O7.C5H11N3O/c1-13-16(27-23(31)34-24(2,3)4)10-11-17-19(13)21(30)33-22(25-17)26-18(20(28)29)12-14-6-8-15(32-5)9-7-14;6-5(9)8-3-1-7-2-4-8/h6-11,18H,12H2,1-5H3,(H,25,26)(H,27,31)(H,28,29);7H,1-4H2,(H2,6,9)/t18-;/m0./s1. The van der Waals surface area contributed by atoms with Gasteiger partial charge in [-0.1, -0.05) is 12.1 Å². The molecule has 232 valence electrons. The van der Waals surface area contributed by atoms with Gasteiger partial charge in [-0.15, -0.1) is 0 Å². The fourth-order valence-electron chi connectivity index (χ4n) is 4.16. The van der Waals surface area contributed by atoms with Crippen molar-refractivity contribution in [3.63, 3.8) is 0 Å². The largest absolute Gasteiger partial charge is 0.497 e. The number of nitrogens with one attached hydrogen (secondary N) is 3.